The Bertz CT molecular complexity index is 409. The minimum absolute atomic E-state index is 0.0297. The fourth-order valence-electron chi connectivity index (χ4n) is 1.01. The molecule has 1 aromatic rings. The minimum Gasteiger partial charge on any atom is -0.475 e. The van der Waals surface area contributed by atoms with Crippen LogP contribution in [0.3, 0.4) is 0 Å². The summed E-state index contributed by atoms with van der Waals surface area (Å²) in [6, 6.07) is 1.09. The molecule has 0 saturated heterocycles. The van der Waals surface area contributed by atoms with E-state index in [1.807, 2.05) is 19.1 Å². The molecule has 1 aromatic heterocycles. The maximum Gasteiger partial charge on any atom is 0.374 e. The van der Waals surface area contributed by atoms with Crippen molar-refractivity contribution in [2.45, 2.75) is 13.3 Å². The fourth-order valence-corrected chi connectivity index (χ4v) is 1.01. The number of nitrogens with one attached hydrogen (secondary N) is 1. The number of carbonyl (C=O) groups is 2. The lowest BCUT2D eigenvalue weighted by Gasteiger charge is -1.98. The molecule has 0 aromatic carbocycles. The van der Waals surface area contributed by atoms with E-state index in [1.165, 1.54) is 0 Å². The molecule has 0 aliphatic rings. The highest BCUT2D eigenvalue weighted by Gasteiger charge is 2.15. The van der Waals surface area contributed by atoms with Crippen molar-refractivity contribution >= 4 is 11.9 Å². The van der Waals surface area contributed by atoms with Gasteiger partial charge in [0.05, 0.1) is 0 Å². The molecule has 0 aliphatic heterocycles. The van der Waals surface area contributed by atoms with Gasteiger partial charge >= 0.3 is 5.97 Å². The first kappa shape index (κ1) is 12.0. The number of aromatic nitrogens is 1. The van der Waals surface area contributed by atoms with E-state index in [0.717, 1.165) is 6.07 Å². The van der Waals surface area contributed by atoms with Crippen molar-refractivity contribution < 1.29 is 19.2 Å². The Hall–Kier alpha value is -2.11. The van der Waals surface area contributed by atoms with E-state index in [2.05, 4.69) is 15.0 Å². The third-order valence-electron chi connectivity index (χ3n) is 1.79. The lowest BCUT2D eigenvalue weighted by atomic mass is 10.3. The highest BCUT2D eigenvalue weighted by molar-refractivity contribution is 5.94. The molecule has 6 heteroatoms. The SMILES string of the molecule is C/C=C/CCNC(=O)c1cc(C(=O)O)on1. The molecule has 0 atom stereocenters. The molecular formula is C10H12N2O4. The average molecular weight is 224 g/mol. The predicted molar refractivity (Wildman–Crippen MR) is 55.2 cm³/mol. The molecule has 0 unspecified atom stereocenters. The van der Waals surface area contributed by atoms with Crippen molar-refractivity contribution in [3.05, 3.63) is 29.7 Å². The van der Waals surface area contributed by atoms with E-state index in [1.54, 1.807) is 0 Å². The zero-order chi connectivity index (χ0) is 12.0. The summed E-state index contributed by atoms with van der Waals surface area (Å²) in [6.07, 6.45) is 4.50. The first-order valence-electron chi connectivity index (χ1n) is 4.74. The Morgan fingerprint density at radius 2 is 2.38 bits per heavy atom. The number of carbonyl (C=O) groups excluding carboxylic acids is 1. The summed E-state index contributed by atoms with van der Waals surface area (Å²) in [7, 11) is 0. The molecule has 1 amide bonds. The van der Waals surface area contributed by atoms with Crippen LogP contribution in [-0.4, -0.2) is 28.7 Å². The van der Waals surface area contributed by atoms with Crippen LogP contribution in [0.1, 0.15) is 34.4 Å². The number of carboxylic acid groups (broad SMARTS) is 1. The summed E-state index contributed by atoms with van der Waals surface area (Å²) in [6.45, 7) is 2.36. The van der Waals surface area contributed by atoms with Crippen molar-refractivity contribution in [3.8, 4) is 0 Å². The summed E-state index contributed by atoms with van der Waals surface area (Å²) in [5.74, 6) is -2.04. The van der Waals surface area contributed by atoms with Gasteiger partial charge in [-0.15, -0.1) is 0 Å². The highest BCUT2D eigenvalue weighted by atomic mass is 16.5. The Kier molecular flexibility index (Phi) is 4.26. The number of rotatable bonds is 5. The van der Waals surface area contributed by atoms with E-state index in [9.17, 15) is 9.59 Å². The largest absolute Gasteiger partial charge is 0.475 e. The van der Waals surface area contributed by atoms with Crippen LogP contribution in [0.4, 0.5) is 0 Å². The van der Waals surface area contributed by atoms with Gasteiger partial charge in [0.15, 0.2) is 5.69 Å². The number of hydrogen-bond acceptors (Lipinski definition) is 4. The fraction of sp³-hybridized carbons (Fsp3) is 0.300. The van der Waals surface area contributed by atoms with Crippen molar-refractivity contribution in [1.29, 1.82) is 0 Å². The van der Waals surface area contributed by atoms with E-state index >= 15 is 0 Å². The van der Waals surface area contributed by atoms with Gasteiger partial charge in [-0.05, 0) is 13.3 Å². The molecule has 2 N–H and O–H groups in total. The van der Waals surface area contributed by atoms with Crippen molar-refractivity contribution in [3.63, 3.8) is 0 Å². The first-order chi connectivity index (χ1) is 7.65. The molecule has 1 rings (SSSR count). The van der Waals surface area contributed by atoms with Crippen molar-refractivity contribution in [2.24, 2.45) is 0 Å². The summed E-state index contributed by atoms with van der Waals surface area (Å²) >= 11 is 0. The second kappa shape index (κ2) is 5.69. The van der Waals surface area contributed by atoms with Crippen LogP contribution in [0.15, 0.2) is 22.7 Å². The smallest absolute Gasteiger partial charge is 0.374 e. The molecule has 16 heavy (non-hydrogen) atoms. The normalized spacial score (nSPS) is 10.6. The summed E-state index contributed by atoms with van der Waals surface area (Å²) in [5.41, 5.74) is -0.0297. The van der Waals surface area contributed by atoms with Crippen LogP contribution in [0.25, 0.3) is 0 Å². The Morgan fingerprint density at radius 1 is 1.62 bits per heavy atom. The van der Waals surface area contributed by atoms with E-state index in [4.69, 9.17) is 5.11 Å². The number of aromatic carboxylic acids is 1. The maximum absolute atomic E-state index is 11.4. The van der Waals surface area contributed by atoms with Gasteiger partial charge in [-0.25, -0.2) is 4.79 Å². The van der Waals surface area contributed by atoms with Crippen LogP contribution in [0, 0.1) is 0 Å². The number of amides is 1. The molecule has 1 heterocycles. The first-order valence-corrected chi connectivity index (χ1v) is 4.74. The van der Waals surface area contributed by atoms with Gasteiger partial charge in [-0.1, -0.05) is 17.3 Å². The molecule has 6 nitrogen and oxygen atoms in total. The number of carboxylic acids is 1. The lowest BCUT2D eigenvalue weighted by molar-refractivity contribution is 0.0651. The minimum atomic E-state index is -1.25. The van der Waals surface area contributed by atoms with Gasteiger partial charge < -0.3 is 14.9 Å². The third kappa shape index (κ3) is 3.23. The molecular weight excluding hydrogens is 212 g/mol. The van der Waals surface area contributed by atoms with Gasteiger partial charge in [0.2, 0.25) is 5.76 Å². The van der Waals surface area contributed by atoms with E-state index in [0.29, 0.717) is 13.0 Å². The predicted octanol–water partition coefficient (Wildman–Crippen LogP) is 1.07. The standard InChI is InChI=1S/C10H12N2O4/c1-2-3-4-5-11-9(13)7-6-8(10(14)15)16-12-7/h2-3,6H,4-5H2,1H3,(H,11,13)(H,14,15)/b3-2+. The molecule has 86 valence electrons. The van der Waals surface area contributed by atoms with Crippen LogP contribution in [0.5, 0.6) is 0 Å². The quantitative estimate of drug-likeness (QED) is 0.576. The Labute approximate surface area is 91.9 Å². The van der Waals surface area contributed by atoms with Crippen LogP contribution in [-0.2, 0) is 0 Å². The topological polar surface area (TPSA) is 92.4 Å². The monoisotopic (exact) mass is 224 g/mol. The average Bonchev–Trinajstić information content (AvgIpc) is 2.73. The lowest BCUT2D eigenvalue weighted by Crippen LogP contribution is -2.24. The molecule has 0 saturated carbocycles. The van der Waals surface area contributed by atoms with E-state index < -0.39 is 11.9 Å². The number of nitrogens with zero attached hydrogens (tertiary/aromatic N) is 1. The Morgan fingerprint density at radius 3 is 2.94 bits per heavy atom. The van der Waals surface area contributed by atoms with Gasteiger partial charge in [-0.3, -0.25) is 4.79 Å². The van der Waals surface area contributed by atoms with Crippen molar-refractivity contribution in [2.75, 3.05) is 6.54 Å². The molecule has 0 aliphatic carbocycles. The summed E-state index contributed by atoms with van der Waals surface area (Å²) < 4.78 is 4.45. The van der Waals surface area contributed by atoms with Crippen molar-refractivity contribution in [1.82, 2.24) is 10.5 Å². The van der Waals surface area contributed by atoms with Gasteiger partial charge in [0.1, 0.15) is 0 Å². The maximum atomic E-state index is 11.4. The van der Waals surface area contributed by atoms with Gasteiger partial charge in [0.25, 0.3) is 5.91 Å². The zero-order valence-electron chi connectivity index (χ0n) is 8.77. The highest BCUT2D eigenvalue weighted by Crippen LogP contribution is 2.03. The third-order valence-corrected chi connectivity index (χ3v) is 1.79. The van der Waals surface area contributed by atoms with E-state index in [-0.39, 0.29) is 11.5 Å². The molecule has 0 radical (unpaired) electrons. The second-order valence-electron chi connectivity index (χ2n) is 3.00. The Balaban J connectivity index is 2.49. The van der Waals surface area contributed by atoms with Crippen LogP contribution in [0.2, 0.25) is 0 Å². The number of allylic oxidation sites excluding steroid dienone is 1. The molecule has 0 bridgehead atoms. The zero-order valence-corrected chi connectivity index (χ0v) is 8.77. The van der Waals surface area contributed by atoms with Crippen LogP contribution >= 0.6 is 0 Å². The van der Waals surface area contributed by atoms with Gasteiger partial charge in [-0.2, -0.15) is 0 Å². The summed E-state index contributed by atoms with van der Waals surface area (Å²) in [4.78, 5) is 21.9. The molecule has 0 spiro atoms. The number of hydrogen-bond donors (Lipinski definition) is 2. The second-order valence-corrected chi connectivity index (χ2v) is 3.00. The van der Waals surface area contributed by atoms with Crippen LogP contribution < -0.4 is 5.32 Å². The molecule has 0 fully saturated rings. The summed E-state index contributed by atoms with van der Waals surface area (Å²) in [5, 5.41) is 14.5. The van der Waals surface area contributed by atoms with Gasteiger partial charge in [0, 0.05) is 12.6 Å².